The summed E-state index contributed by atoms with van der Waals surface area (Å²) < 4.78 is 0. The fourth-order valence-corrected chi connectivity index (χ4v) is 2.70. The lowest BCUT2D eigenvalue weighted by Gasteiger charge is -2.09. The Kier molecular flexibility index (Phi) is 5.87. The predicted octanol–water partition coefficient (Wildman–Crippen LogP) is 2.90. The van der Waals surface area contributed by atoms with Gasteiger partial charge in [-0.05, 0) is 67.9 Å². The molecule has 0 heterocycles. The van der Waals surface area contributed by atoms with E-state index in [1.54, 1.807) is 11.1 Å². The molecule has 1 aliphatic carbocycles. The highest BCUT2D eigenvalue weighted by atomic mass is 14.9. The first-order valence-corrected chi connectivity index (χ1v) is 7.78. The lowest BCUT2D eigenvalue weighted by atomic mass is 10.1. The van der Waals surface area contributed by atoms with Crippen LogP contribution in [-0.4, -0.2) is 19.6 Å². The zero-order chi connectivity index (χ0) is 13.5. The smallest absolute Gasteiger partial charge is 0.0205 e. The van der Waals surface area contributed by atoms with Gasteiger partial charge in [-0.25, -0.2) is 0 Å². The standard InChI is InChI=1S/C17H28N2/c1-14(2)12-18-9-4-10-19-13-15-7-8-16-5-3-6-17(16)11-15/h7-8,11,14,18-19H,3-6,9-10,12-13H2,1-2H3. The molecule has 0 unspecified atom stereocenters. The maximum atomic E-state index is 3.54. The van der Waals surface area contributed by atoms with Gasteiger partial charge in [0.05, 0.1) is 0 Å². The molecule has 0 saturated carbocycles. The van der Waals surface area contributed by atoms with E-state index in [-0.39, 0.29) is 0 Å². The van der Waals surface area contributed by atoms with Crippen LogP contribution >= 0.6 is 0 Å². The first-order valence-electron chi connectivity index (χ1n) is 7.78. The maximum absolute atomic E-state index is 3.54. The molecule has 2 N–H and O–H groups in total. The molecule has 0 aromatic heterocycles. The number of aryl methyl sites for hydroxylation is 2. The van der Waals surface area contributed by atoms with E-state index in [1.807, 2.05) is 0 Å². The molecule has 19 heavy (non-hydrogen) atoms. The zero-order valence-corrected chi connectivity index (χ0v) is 12.5. The molecule has 0 amide bonds. The second-order valence-corrected chi connectivity index (χ2v) is 6.08. The van der Waals surface area contributed by atoms with E-state index in [0.29, 0.717) is 0 Å². The normalized spacial score (nSPS) is 14.1. The summed E-state index contributed by atoms with van der Waals surface area (Å²) in [6.45, 7) is 8.86. The SMILES string of the molecule is CC(C)CNCCCNCc1ccc2c(c1)CCC2. The Labute approximate surface area is 118 Å². The Bertz CT molecular complexity index is 385. The largest absolute Gasteiger partial charge is 0.316 e. The third-order valence-corrected chi connectivity index (χ3v) is 3.75. The lowest BCUT2D eigenvalue weighted by Crippen LogP contribution is -2.24. The molecule has 0 saturated heterocycles. The second-order valence-electron chi connectivity index (χ2n) is 6.08. The van der Waals surface area contributed by atoms with Crippen molar-refractivity contribution in [2.75, 3.05) is 19.6 Å². The van der Waals surface area contributed by atoms with Crippen LogP contribution in [0.3, 0.4) is 0 Å². The number of hydrogen-bond donors (Lipinski definition) is 2. The average Bonchev–Trinajstić information content (AvgIpc) is 2.84. The van der Waals surface area contributed by atoms with Crippen LogP contribution in [0.5, 0.6) is 0 Å². The van der Waals surface area contributed by atoms with E-state index in [1.165, 1.54) is 31.2 Å². The fraction of sp³-hybridized carbons (Fsp3) is 0.647. The fourth-order valence-electron chi connectivity index (χ4n) is 2.70. The number of rotatable bonds is 8. The first kappa shape index (κ1) is 14.5. The van der Waals surface area contributed by atoms with Crippen molar-refractivity contribution in [3.05, 3.63) is 34.9 Å². The Hall–Kier alpha value is -0.860. The van der Waals surface area contributed by atoms with Crippen molar-refractivity contribution < 1.29 is 0 Å². The van der Waals surface area contributed by atoms with Gasteiger partial charge in [0.25, 0.3) is 0 Å². The topological polar surface area (TPSA) is 24.1 Å². The molecule has 0 radical (unpaired) electrons. The number of hydrogen-bond acceptors (Lipinski definition) is 2. The average molecular weight is 260 g/mol. The van der Waals surface area contributed by atoms with Crippen LogP contribution in [-0.2, 0) is 19.4 Å². The summed E-state index contributed by atoms with van der Waals surface area (Å²) in [6.07, 6.45) is 5.11. The minimum atomic E-state index is 0.749. The van der Waals surface area contributed by atoms with Gasteiger partial charge in [0.15, 0.2) is 0 Å². The van der Waals surface area contributed by atoms with Crippen LogP contribution < -0.4 is 10.6 Å². The van der Waals surface area contributed by atoms with Gasteiger partial charge in [0.2, 0.25) is 0 Å². The number of nitrogens with one attached hydrogen (secondary N) is 2. The van der Waals surface area contributed by atoms with Crippen LogP contribution in [0, 0.1) is 5.92 Å². The Morgan fingerprint density at radius 2 is 1.84 bits per heavy atom. The summed E-state index contributed by atoms with van der Waals surface area (Å²) >= 11 is 0. The molecule has 106 valence electrons. The summed E-state index contributed by atoms with van der Waals surface area (Å²) in [4.78, 5) is 0. The highest BCUT2D eigenvalue weighted by molar-refractivity contribution is 5.35. The van der Waals surface area contributed by atoms with Crippen molar-refractivity contribution in [2.45, 2.75) is 46.1 Å². The second kappa shape index (κ2) is 7.66. The third-order valence-electron chi connectivity index (χ3n) is 3.75. The van der Waals surface area contributed by atoms with Gasteiger partial charge < -0.3 is 10.6 Å². The predicted molar refractivity (Wildman–Crippen MR) is 82.5 cm³/mol. The molecule has 0 fully saturated rings. The monoisotopic (exact) mass is 260 g/mol. The summed E-state index contributed by atoms with van der Waals surface area (Å²) in [6, 6.07) is 7.00. The Morgan fingerprint density at radius 3 is 2.68 bits per heavy atom. The van der Waals surface area contributed by atoms with E-state index < -0.39 is 0 Å². The van der Waals surface area contributed by atoms with Crippen LogP contribution in [0.4, 0.5) is 0 Å². The van der Waals surface area contributed by atoms with E-state index in [4.69, 9.17) is 0 Å². The van der Waals surface area contributed by atoms with Crippen molar-refractivity contribution in [3.8, 4) is 0 Å². The molecular formula is C17H28N2. The molecule has 0 aliphatic heterocycles. The van der Waals surface area contributed by atoms with E-state index in [9.17, 15) is 0 Å². The van der Waals surface area contributed by atoms with Crippen LogP contribution in [0.25, 0.3) is 0 Å². The van der Waals surface area contributed by atoms with E-state index in [2.05, 4.69) is 42.7 Å². The zero-order valence-electron chi connectivity index (χ0n) is 12.5. The van der Waals surface area contributed by atoms with Gasteiger partial charge >= 0.3 is 0 Å². The summed E-state index contributed by atoms with van der Waals surface area (Å²) in [5.74, 6) is 0.749. The van der Waals surface area contributed by atoms with Gasteiger partial charge in [-0.3, -0.25) is 0 Å². The summed E-state index contributed by atoms with van der Waals surface area (Å²) in [5.41, 5.74) is 4.59. The highest BCUT2D eigenvalue weighted by Crippen LogP contribution is 2.22. The Morgan fingerprint density at radius 1 is 1.05 bits per heavy atom. The maximum Gasteiger partial charge on any atom is 0.0205 e. The van der Waals surface area contributed by atoms with Gasteiger partial charge in [-0.1, -0.05) is 32.0 Å². The van der Waals surface area contributed by atoms with Crippen molar-refractivity contribution in [2.24, 2.45) is 5.92 Å². The van der Waals surface area contributed by atoms with Gasteiger partial charge in [0.1, 0.15) is 0 Å². The van der Waals surface area contributed by atoms with Crippen LogP contribution in [0.1, 0.15) is 43.4 Å². The molecule has 1 aliphatic rings. The molecule has 0 bridgehead atoms. The van der Waals surface area contributed by atoms with Crippen molar-refractivity contribution in [1.29, 1.82) is 0 Å². The molecule has 0 atom stereocenters. The van der Waals surface area contributed by atoms with E-state index in [0.717, 1.165) is 32.1 Å². The number of fused-ring (bicyclic) bond motifs is 1. The van der Waals surface area contributed by atoms with Gasteiger partial charge in [-0.2, -0.15) is 0 Å². The summed E-state index contributed by atoms with van der Waals surface area (Å²) in [5, 5.41) is 7.02. The molecule has 2 nitrogen and oxygen atoms in total. The van der Waals surface area contributed by atoms with Crippen LogP contribution in [0.2, 0.25) is 0 Å². The number of benzene rings is 1. The molecular weight excluding hydrogens is 232 g/mol. The van der Waals surface area contributed by atoms with Crippen molar-refractivity contribution in [1.82, 2.24) is 10.6 Å². The molecule has 2 rings (SSSR count). The molecule has 2 heteroatoms. The minimum Gasteiger partial charge on any atom is -0.316 e. The lowest BCUT2D eigenvalue weighted by molar-refractivity contribution is 0.530. The highest BCUT2D eigenvalue weighted by Gasteiger charge is 2.10. The van der Waals surface area contributed by atoms with Crippen molar-refractivity contribution >= 4 is 0 Å². The van der Waals surface area contributed by atoms with Gasteiger partial charge in [-0.15, -0.1) is 0 Å². The summed E-state index contributed by atoms with van der Waals surface area (Å²) in [7, 11) is 0. The third kappa shape index (κ3) is 4.96. The molecule has 1 aromatic rings. The molecule has 0 spiro atoms. The van der Waals surface area contributed by atoms with E-state index >= 15 is 0 Å². The van der Waals surface area contributed by atoms with Gasteiger partial charge in [0, 0.05) is 6.54 Å². The minimum absolute atomic E-state index is 0.749. The molecule has 1 aromatic carbocycles. The first-order chi connectivity index (χ1) is 9.25. The quantitative estimate of drug-likeness (QED) is 0.702. The van der Waals surface area contributed by atoms with Crippen LogP contribution in [0.15, 0.2) is 18.2 Å². The van der Waals surface area contributed by atoms with Crippen molar-refractivity contribution in [3.63, 3.8) is 0 Å². The Balaban J connectivity index is 1.58.